The van der Waals surface area contributed by atoms with E-state index in [0.29, 0.717) is 39.4 Å². The van der Waals surface area contributed by atoms with Gasteiger partial charge in [0.1, 0.15) is 0 Å². The molecule has 0 N–H and O–H groups in total. The predicted molar refractivity (Wildman–Crippen MR) is 79.9 cm³/mol. The van der Waals surface area contributed by atoms with Gasteiger partial charge in [-0.25, -0.2) is 0 Å². The third kappa shape index (κ3) is 5.28. The topological polar surface area (TPSA) is 53.1 Å². The zero-order valence-electron chi connectivity index (χ0n) is 13.1. The third-order valence-corrected chi connectivity index (χ3v) is 4.13. The summed E-state index contributed by atoms with van der Waals surface area (Å²) in [5.74, 6) is 0.235. The first kappa shape index (κ1) is 16.2. The first-order chi connectivity index (χ1) is 10.2. The maximum absolute atomic E-state index is 12.3. The van der Waals surface area contributed by atoms with Crippen LogP contribution in [0.3, 0.4) is 0 Å². The number of ether oxygens (including phenoxy) is 1. The minimum Gasteiger partial charge on any atom is -0.378 e. The highest BCUT2D eigenvalue weighted by Gasteiger charge is 2.21. The van der Waals surface area contributed by atoms with Gasteiger partial charge in [-0.05, 0) is 19.9 Å². The fraction of sp³-hybridized carbons (Fsp3) is 0.867. The lowest BCUT2D eigenvalue weighted by molar-refractivity contribution is -0.137. The smallest absolute Gasteiger partial charge is 0.236 e. The molecule has 21 heavy (non-hydrogen) atoms. The Morgan fingerprint density at radius 1 is 0.857 bits per heavy atom. The fourth-order valence-corrected chi connectivity index (χ4v) is 2.85. The zero-order chi connectivity index (χ0) is 15.1. The van der Waals surface area contributed by atoms with E-state index in [-0.39, 0.29) is 11.8 Å². The van der Waals surface area contributed by atoms with Crippen LogP contribution in [-0.2, 0) is 14.3 Å². The van der Waals surface area contributed by atoms with Crippen LogP contribution in [0.25, 0.3) is 0 Å². The van der Waals surface area contributed by atoms with Gasteiger partial charge in [-0.3, -0.25) is 14.5 Å². The Morgan fingerprint density at radius 3 is 1.86 bits per heavy atom. The summed E-state index contributed by atoms with van der Waals surface area (Å²) in [6, 6.07) is 0. The van der Waals surface area contributed by atoms with Crippen molar-refractivity contribution in [1.29, 1.82) is 0 Å². The molecule has 2 heterocycles. The number of likely N-dealkylation sites (N-methyl/N-ethyl adjacent to an activating group) is 1. The van der Waals surface area contributed by atoms with E-state index in [1.54, 1.807) is 0 Å². The molecule has 0 radical (unpaired) electrons. The standard InChI is InChI=1S/C15H27N3O3/c1-16(13-15(20)18-8-10-21-11-9-18)12-14(19)17-6-4-2-3-5-7-17/h2-13H2,1H3. The number of carbonyl (C=O) groups is 2. The van der Waals surface area contributed by atoms with Crippen LogP contribution in [-0.4, -0.2) is 86.0 Å². The molecule has 0 saturated carbocycles. The molecule has 2 aliphatic rings. The number of hydrogen-bond donors (Lipinski definition) is 0. The van der Waals surface area contributed by atoms with Crippen molar-refractivity contribution in [2.24, 2.45) is 0 Å². The Balaban J connectivity index is 1.73. The Hall–Kier alpha value is -1.14. The van der Waals surface area contributed by atoms with Gasteiger partial charge in [0.15, 0.2) is 0 Å². The van der Waals surface area contributed by atoms with Crippen molar-refractivity contribution >= 4 is 11.8 Å². The number of morpholine rings is 1. The van der Waals surface area contributed by atoms with Crippen LogP contribution in [0.5, 0.6) is 0 Å². The van der Waals surface area contributed by atoms with Crippen molar-refractivity contribution in [2.45, 2.75) is 25.7 Å². The molecule has 0 atom stereocenters. The van der Waals surface area contributed by atoms with Crippen molar-refractivity contribution in [2.75, 3.05) is 59.5 Å². The summed E-state index contributed by atoms with van der Waals surface area (Å²) in [4.78, 5) is 30.0. The van der Waals surface area contributed by atoms with Crippen LogP contribution < -0.4 is 0 Å². The maximum atomic E-state index is 12.3. The summed E-state index contributed by atoms with van der Waals surface area (Å²) in [6.45, 7) is 4.91. The number of nitrogens with zero attached hydrogens (tertiary/aromatic N) is 3. The second-order valence-corrected chi connectivity index (χ2v) is 5.96. The summed E-state index contributed by atoms with van der Waals surface area (Å²) < 4.78 is 5.24. The molecule has 0 spiro atoms. The average molecular weight is 297 g/mol. The summed E-state index contributed by atoms with van der Waals surface area (Å²) in [5, 5.41) is 0. The van der Waals surface area contributed by atoms with E-state index in [0.717, 1.165) is 25.9 Å². The van der Waals surface area contributed by atoms with Crippen molar-refractivity contribution in [3.05, 3.63) is 0 Å². The second kappa shape index (κ2) is 8.34. The van der Waals surface area contributed by atoms with Gasteiger partial charge in [-0.2, -0.15) is 0 Å². The van der Waals surface area contributed by atoms with Crippen molar-refractivity contribution in [1.82, 2.24) is 14.7 Å². The van der Waals surface area contributed by atoms with E-state index < -0.39 is 0 Å². The number of carbonyl (C=O) groups excluding carboxylic acids is 2. The minimum atomic E-state index is 0.0875. The van der Waals surface area contributed by atoms with E-state index in [4.69, 9.17) is 4.74 Å². The van der Waals surface area contributed by atoms with Gasteiger partial charge in [0.05, 0.1) is 26.3 Å². The molecule has 2 aliphatic heterocycles. The van der Waals surface area contributed by atoms with Crippen LogP contribution in [0, 0.1) is 0 Å². The zero-order valence-corrected chi connectivity index (χ0v) is 13.1. The quantitative estimate of drug-likeness (QED) is 0.743. The SMILES string of the molecule is CN(CC(=O)N1CCCCCC1)CC(=O)N1CCOCC1. The van der Waals surface area contributed by atoms with Crippen molar-refractivity contribution in [3.63, 3.8) is 0 Å². The molecular weight excluding hydrogens is 270 g/mol. The number of hydrogen-bond acceptors (Lipinski definition) is 4. The molecular formula is C15H27N3O3. The first-order valence-electron chi connectivity index (χ1n) is 7.98. The number of likely N-dealkylation sites (tertiary alicyclic amines) is 1. The van der Waals surface area contributed by atoms with Crippen molar-refractivity contribution in [3.8, 4) is 0 Å². The highest BCUT2D eigenvalue weighted by Crippen LogP contribution is 2.10. The molecule has 2 saturated heterocycles. The molecule has 2 rings (SSSR count). The highest BCUT2D eigenvalue weighted by atomic mass is 16.5. The average Bonchev–Trinajstić information content (AvgIpc) is 2.77. The van der Waals surface area contributed by atoms with Gasteiger partial charge in [-0.15, -0.1) is 0 Å². The number of amides is 2. The van der Waals surface area contributed by atoms with E-state index >= 15 is 0 Å². The molecule has 2 fully saturated rings. The van der Waals surface area contributed by atoms with Gasteiger partial charge in [-0.1, -0.05) is 12.8 Å². The van der Waals surface area contributed by atoms with Crippen LogP contribution in [0.2, 0.25) is 0 Å². The molecule has 0 aromatic carbocycles. The molecule has 120 valence electrons. The minimum absolute atomic E-state index is 0.0875. The fourth-order valence-electron chi connectivity index (χ4n) is 2.85. The monoisotopic (exact) mass is 297 g/mol. The Labute approximate surface area is 127 Å². The largest absolute Gasteiger partial charge is 0.378 e. The Bertz CT molecular complexity index is 348. The normalized spacial score (nSPS) is 20.5. The van der Waals surface area contributed by atoms with Gasteiger partial charge in [0.25, 0.3) is 0 Å². The summed E-state index contributed by atoms with van der Waals surface area (Å²) in [5.41, 5.74) is 0. The van der Waals surface area contributed by atoms with E-state index in [1.165, 1.54) is 12.8 Å². The van der Waals surface area contributed by atoms with E-state index in [9.17, 15) is 9.59 Å². The molecule has 0 aromatic rings. The van der Waals surface area contributed by atoms with Gasteiger partial charge < -0.3 is 14.5 Å². The molecule has 0 aromatic heterocycles. The molecule has 6 nitrogen and oxygen atoms in total. The highest BCUT2D eigenvalue weighted by molar-refractivity contribution is 5.81. The lowest BCUT2D eigenvalue weighted by atomic mass is 10.2. The lowest BCUT2D eigenvalue weighted by Gasteiger charge is -2.29. The van der Waals surface area contributed by atoms with Crippen molar-refractivity contribution < 1.29 is 14.3 Å². The Morgan fingerprint density at radius 2 is 1.33 bits per heavy atom. The van der Waals surface area contributed by atoms with Crippen LogP contribution in [0.15, 0.2) is 0 Å². The lowest BCUT2D eigenvalue weighted by Crippen LogP contribution is -2.47. The maximum Gasteiger partial charge on any atom is 0.236 e. The van der Waals surface area contributed by atoms with E-state index in [1.807, 2.05) is 21.7 Å². The van der Waals surface area contributed by atoms with Gasteiger partial charge in [0, 0.05) is 26.2 Å². The van der Waals surface area contributed by atoms with Gasteiger partial charge >= 0.3 is 0 Å². The Kier molecular flexibility index (Phi) is 6.45. The summed E-state index contributed by atoms with van der Waals surface area (Å²) >= 11 is 0. The molecule has 0 bridgehead atoms. The summed E-state index contributed by atoms with van der Waals surface area (Å²) in [7, 11) is 1.84. The third-order valence-electron chi connectivity index (χ3n) is 4.13. The molecule has 2 amide bonds. The molecule has 6 heteroatoms. The van der Waals surface area contributed by atoms with Gasteiger partial charge in [0.2, 0.25) is 11.8 Å². The molecule has 0 unspecified atom stereocenters. The predicted octanol–water partition coefficient (Wildman–Crippen LogP) is 0.180. The van der Waals surface area contributed by atoms with Crippen LogP contribution >= 0.6 is 0 Å². The van der Waals surface area contributed by atoms with E-state index in [2.05, 4.69) is 0 Å². The van der Waals surface area contributed by atoms with Crippen LogP contribution in [0.1, 0.15) is 25.7 Å². The summed E-state index contributed by atoms with van der Waals surface area (Å²) in [6.07, 6.45) is 4.63. The molecule has 0 aliphatic carbocycles. The first-order valence-corrected chi connectivity index (χ1v) is 7.98. The second-order valence-electron chi connectivity index (χ2n) is 5.96. The van der Waals surface area contributed by atoms with Crippen LogP contribution in [0.4, 0.5) is 0 Å². The number of rotatable bonds is 4.